The van der Waals surface area contributed by atoms with Crippen LogP contribution in [0.3, 0.4) is 0 Å². The molecule has 2 rings (SSSR count). The van der Waals surface area contributed by atoms with Crippen molar-refractivity contribution in [2.75, 3.05) is 6.61 Å². The van der Waals surface area contributed by atoms with Crippen molar-refractivity contribution < 1.29 is 32.5 Å². The van der Waals surface area contributed by atoms with Gasteiger partial charge in [-0.1, -0.05) is 45.1 Å². The predicted molar refractivity (Wildman–Crippen MR) is 127 cm³/mol. The van der Waals surface area contributed by atoms with E-state index in [4.69, 9.17) is 9.16 Å². The van der Waals surface area contributed by atoms with Crippen LogP contribution in [0, 0.1) is 11.8 Å². The van der Waals surface area contributed by atoms with Gasteiger partial charge in [0.25, 0.3) is 0 Å². The van der Waals surface area contributed by atoms with Crippen molar-refractivity contribution in [3.8, 4) is 5.75 Å². The monoisotopic (exact) mass is 486 g/mol. The number of allylic oxidation sites excluding steroid dienone is 1. The molecule has 1 aromatic rings. The van der Waals surface area contributed by atoms with Crippen LogP contribution in [-0.4, -0.2) is 43.4 Å². The fraction of sp³-hybridized carbons (Fsp3) is 0.600. The lowest BCUT2D eigenvalue weighted by atomic mass is 9.90. The lowest BCUT2D eigenvalue weighted by Gasteiger charge is -2.40. The number of hydrogen-bond acceptors (Lipinski definition) is 4. The van der Waals surface area contributed by atoms with Gasteiger partial charge in [-0.15, -0.1) is 6.58 Å². The van der Waals surface area contributed by atoms with E-state index in [1.807, 2.05) is 6.08 Å². The molecule has 1 aliphatic carbocycles. The van der Waals surface area contributed by atoms with Crippen LogP contribution in [0.5, 0.6) is 5.75 Å². The number of rotatable bonds is 9. The highest BCUT2D eigenvalue weighted by atomic mass is 28.4. The van der Waals surface area contributed by atoms with Crippen LogP contribution in [0.25, 0.3) is 0 Å². The molecule has 2 N–H and O–H groups in total. The molecule has 1 aliphatic rings. The molecule has 8 heteroatoms. The Morgan fingerprint density at radius 2 is 1.91 bits per heavy atom. The fourth-order valence-corrected chi connectivity index (χ4v) is 5.18. The number of alkyl halides is 3. The average molecular weight is 487 g/mol. The summed E-state index contributed by atoms with van der Waals surface area (Å²) in [6, 6.07) is 4.56. The normalized spacial score (nSPS) is 25.4. The summed E-state index contributed by atoms with van der Waals surface area (Å²) in [6.07, 6.45) is 0.134. The Hall–Kier alpha value is -1.61. The van der Waals surface area contributed by atoms with Crippen molar-refractivity contribution in [2.24, 2.45) is 11.8 Å². The molecule has 1 fully saturated rings. The van der Waals surface area contributed by atoms with Crippen LogP contribution >= 0.6 is 0 Å². The van der Waals surface area contributed by atoms with Gasteiger partial charge >= 0.3 is 6.18 Å². The standard InChI is InChI=1S/C25H37F3O4Si/c1-7-9-20-21(23(15-22(20)30)32-33(5,6)24(2,3)4)13-12-18(29)16-31-19-11-8-10-17(14-19)25(26,27)28/h7-8,10-14,18,20-23,29-30H,1,9,15-16H2,2-6H3/b13-12+/t18-,20-,21-,22+,23?/m1/s1. The van der Waals surface area contributed by atoms with E-state index in [2.05, 4.69) is 40.4 Å². The van der Waals surface area contributed by atoms with E-state index < -0.39 is 32.3 Å². The molecule has 0 spiro atoms. The maximum Gasteiger partial charge on any atom is 0.416 e. The van der Waals surface area contributed by atoms with Gasteiger partial charge in [-0.05, 0) is 55.1 Å². The highest BCUT2D eigenvalue weighted by molar-refractivity contribution is 6.74. The molecular formula is C25H37F3O4Si. The highest BCUT2D eigenvalue weighted by Gasteiger charge is 2.46. The molecule has 4 nitrogen and oxygen atoms in total. The van der Waals surface area contributed by atoms with Gasteiger partial charge in [-0.25, -0.2) is 0 Å². The van der Waals surface area contributed by atoms with Crippen molar-refractivity contribution in [1.82, 2.24) is 0 Å². The maximum atomic E-state index is 12.9. The lowest BCUT2D eigenvalue weighted by Crippen LogP contribution is -2.45. The molecule has 0 heterocycles. The third-order valence-corrected chi connectivity index (χ3v) is 11.2. The highest BCUT2D eigenvalue weighted by Crippen LogP contribution is 2.44. The first kappa shape index (κ1) is 27.6. The van der Waals surface area contributed by atoms with E-state index in [0.717, 1.165) is 12.1 Å². The molecule has 1 saturated carbocycles. The van der Waals surface area contributed by atoms with Gasteiger partial charge < -0.3 is 19.4 Å². The second kappa shape index (κ2) is 10.8. The van der Waals surface area contributed by atoms with Crippen molar-refractivity contribution >= 4 is 8.32 Å². The van der Waals surface area contributed by atoms with Crippen molar-refractivity contribution in [3.05, 3.63) is 54.6 Å². The zero-order valence-corrected chi connectivity index (χ0v) is 21.1. The molecule has 0 radical (unpaired) electrons. The van der Waals surface area contributed by atoms with E-state index in [9.17, 15) is 23.4 Å². The summed E-state index contributed by atoms with van der Waals surface area (Å²) in [6.45, 7) is 14.4. The summed E-state index contributed by atoms with van der Waals surface area (Å²) < 4.78 is 50.6. The van der Waals surface area contributed by atoms with E-state index in [1.54, 1.807) is 12.2 Å². The molecule has 0 amide bonds. The van der Waals surface area contributed by atoms with Crippen molar-refractivity contribution in [2.45, 2.75) is 76.2 Å². The van der Waals surface area contributed by atoms with Gasteiger partial charge in [0.2, 0.25) is 0 Å². The van der Waals surface area contributed by atoms with Crippen molar-refractivity contribution in [1.29, 1.82) is 0 Å². The Morgan fingerprint density at radius 1 is 1.24 bits per heavy atom. The third-order valence-electron chi connectivity index (χ3n) is 6.72. The maximum absolute atomic E-state index is 12.9. The Labute approximate surface area is 196 Å². The van der Waals surface area contributed by atoms with Crippen LogP contribution < -0.4 is 4.74 Å². The van der Waals surface area contributed by atoms with E-state index >= 15 is 0 Å². The Morgan fingerprint density at radius 3 is 2.48 bits per heavy atom. The van der Waals surface area contributed by atoms with E-state index in [1.165, 1.54) is 12.1 Å². The molecule has 0 aliphatic heterocycles. The summed E-state index contributed by atoms with van der Waals surface area (Å²) >= 11 is 0. The van der Waals surface area contributed by atoms with Crippen LogP contribution in [-0.2, 0) is 10.6 Å². The van der Waals surface area contributed by atoms with Gasteiger partial charge in [-0.3, -0.25) is 0 Å². The molecule has 186 valence electrons. The number of hydrogen-bond donors (Lipinski definition) is 2. The molecule has 1 aromatic carbocycles. The number of halogens is 3. The molecule has 0 aromatic heterocycles. The SMILES string of the molecule is C=CC[C@H]1[C@@H](O)CC(O[Si](C)(C)C(C)(C)C)[C@@H]1/C=C/[C@@H](O)COc1cccc(C(F)(F)F)c1. The Balaban J connectivity index is 2.09. The average Bonchev–Trinajstić information content (AvgIpc) is 2.97. The number of benzene rings is 1. The number of ether oxygens (including phenoxy) is 1. The van der Waals surface area contributed by atoms with E-state index in [0.29, 0.717) is 12.8 Å². The van der Waals surface area contributed by atoms with Crippen LogP contribution in [0.4, 0.5) is 13.2 Å². The molecule has 1 unspecified atom stereocenters. The van der Waals surface area contributed by atoms with Crippen LogP contribution in [0.15, 0.2) is 49.1 Å². The van der Waals surface area contributed by atoms with E-state index in [-0.39, 0.29) is 35.3 Å². The summed E-state index contributed by atoms with van der Waals surface area (Å²) in [5.74, 6) is -0.155. The second-order valence-corrected chi connectivity index (χ2v) is 15.0. The minimum absolute atomic E-state index is 0.0149. The molecule has 0 bridgehead atoms. The summed E-state index contributed by atoms with van der Waals surface area (Å²) in [7, 11) is -2.08. The van der Waals surface area contributed by atoms with Gasteiger partial charge in [0.05, 0.1) is 17.8 Å². The first-order valence-corrected chi connectivity index (χ1v) is 14.2. The first-order chi connectivity index (χ1) is 15.2. The molecular weight excluding hydrogens is 449 g/mol. The summed E-state index contributed by atoms with van der Waals surface area (Å²) in [5, 5.41) is 21.0. The third kappa shape index (κ3) is 7.44. The topological polar surface area (TPSA) is 58.9 Å². The predicted octanol–water partition coefficient (Wildman–Crippen LogP) is 5.96. The van der Waals surface area contributed by atoms with Gasteiger partial charge in [-0.2, -0.15) is 13.2 Å². The zero-order chi connectivity index (χ0) is 25.0. The summed E-state index contributed by atoms with van der Waals surface area (Å²) in [5.41, 5.74) is -0.803. The second-order valence-electron chi connectivity index (χ2n) is 10.3. The van der Waals surface area contributed by atoms with Gasteiger partial charge in [0.1, 0.15) is 18.5 Å². The van der Waals surface area contributed by atoms with Gasteiger partial charge in [0.15, 0.2) is 8.32 Å². The fourth-order valence-electron chi connectivity index (χ4n) is 3.81. The van der Waals surface area contributed by atoms with Gasteiger partial charge in [0, 0.05) is 5.92 Å². The molecule has 5 atom stereocenters. The smallest absolute Gasteiger partial charge is 0.416 e. The minimum atomic E-state index is -4.46. The molecule has 0 saturated heterocycles. The van der Waals surface area contributed by atoms with Crippen LogP contribution in [0.1, 0.15) is 39.2 Å². The first-order valence-electron chi connectivity index (χ1n) is 11.3. The Bertz CT molecular complexity index is 817. The molecule has 33 heavy (non-hydrogen) atoms. The van der Waals surface area contributed by atoms with Crippen molar-refractivity contribution in [3.63, 3.8) is 0 Å². The minimum Gasteiger partial charge on any atom is -0.491 e. The quantitative estimate of drug-likeness (QED) is 0.334. The largest absolute Gasteiger partial charge is 0.491 e. The van der Waals surface area contributed by atoms with Crippen LogP contribution in [0.2, 0.25) is 18.1 Å². The number of aliphatic hydroxyl groups is 2. The number of aliphatic hydroxyl groups excluding tert-OH is 2. The summed E-state index contributed by atoms with van der Waals surface area (Å²) in [4.78, 5) is 0. The lowest BCUT2D eigenvalue weighted by molar-refractivity contribution is -0.137. The zero-order valence-electron chi connectivity index (χ0n) is 20.1. The Kier molecular flexibility index (Phi) is 9.01.